The molecule has 132 valence electrons. The molecule has 5 nitrogen and oxygen atoms in total. The highest BCUT2D eigenvalue weighted by molar-refractivity contribution is 5.85. The molecule has 3 N–H and O–H groups in total. The quantitative estimate of drug-likeness (QED) is 0.527. The van der Waals surface area contributed by atoms with Crippen molar-refractivity contribution in [2.24, 2.45) is 4.99 Å². The van der Waals surface area contributed by atoms with Crippen LogP contribution in [-0.2, 0) is 10.2 Å². The summed E-state index contributed by atoms with van der Waals surface area (Å²) in [7, 11) is 0. The van der Waals surface area contributed by atoms with Crippen molar-refractivity contribution < 1.29 is 9.18 Å². The van der Waals surface area contributed by atoms with Crippen molar-refractivity contribution >= 4 is 11.9 Å². The fourth-order valence-electron chi connectivity index (χ4n) is 2.31. The summed E-state index contributed by atoms with van der Waals surface area (Å²) >= 11 is 0. The molecule has 0 aliphatic heterocycles. The zero-order valence-corrected chi connectivity index (χ0v) is 14.7. The van der Waals surface area contributed by atoms with Crippen LogP contribution in [0.5, 0.6) is 0 Å². The Labute approximate surface area is 143 Å². The normalized spacial score (nSPS) is 15.1. The summed E-state index contributed by atoms with van der Waals surface area (Å²) in [5, 5.41) is 9.28. The molecule has 24 heavy (non-hydrogen) atoms. The first-order valence-electron chi connectivity index (χ1n) is 8.48. The standard InChI is InChI=1S/C18H27FN4O/c1-4-20-17(21-11-16(24)23-15-8-9-15)22-12-18(2,3)13-6-5-7-14(19)10-13/h5-7,10,15H,4,8-9,11-12H2,1-3H3,(H,23,24)(H2,20,21,22). The second kappa shape index (κ2) is 8.13. The first kappa shape index (κ1) is 18.2. The molecule has 1 aromatic carbocycles. The molecule has 1 fully saturated rings. The lowest BCUT2D eigenvalue weighted by atomic mass is 9.84. The number of nitrogens with one attached hydrogen (secondary N) is 3. The Morgan fingerprint density at radius 2 is 2.08 bits per heavy atom. The lowest BCUT2D eigenvalue weighted by Gasteiger charge is -2.26. The van der Waals surface area contributed by atoms with Crippen LogP contribution in [0.3, 0.4) is 0 Å². The van der Waals surface area contributed by atoms with Crippen molar-refractivity contribution in [2.75, 3.05) is 19.6 Å². The third-order valence-electron chi connectivity index (χ3n) is 3.97. The first-order chi connectivity index (χ1) is 11.4. The van der Waals surface area contributed by atoms with E-state index in [0.29, 0.717) is 25.1 Å². The number of hydrogen-bond acceptors (Lipinski definition) is 2. The molecule has 0 saturated heterocycles. The zero-order valence-electron chi connectivity index (χ0n) is 14.7. The lowest BCUT2D eigenvalue weighted by molar-refractivity contribution is -0.119. The van der Waals surface area contributed by atoms with Gasteiger partial charge in [0.05, 0.1) is 0 Å². The maximum atomic E-state index is 13.4. The average molecular weight is 334 g/mol. The van der Waals surface area contributed by atoms with E-state index in [2.05, 4.69) is 20.9 Å². The highest BCUT2D eigenvalue weighted by Gasteiger charge is 2.23. The number of hydrogen-bond donors (Lipinski definition) is 3. The van der Waals surface area contributed by atoms with Gasteiger partial charge in [-0.2, -0.15) is 0 Å². The molecule has 6 heteroatoms. The van der Waals surface area contributed by atoms with Crippen molar-refractivity contribution in [2.45, 2.75) is 45.1 Å². The number of carbonyl (C=O) groups excluding carboxylic acids is 1. The van der Waals surface area contributed by atoms with Gasteiger partial charge in [-0.3, -0.25) is 4.79 Å². The van der Waals surface area contributed by atoms with E-state index in [-0.39, 0.29) is 23.7 Å². The van der Waals surface area contributed by atoms with Gasteiger partial charge in [-0.15, -0.1) is 0 Å². The summed E-state index contributed by atoms with van der Waals surface area (Å²) in [6.07, 6.45) is 2.13. The van der Waals surface area contributed by atoms with Crippen molar-refractivity contribution in [3.8, 4) is 0 Å². The Bertz CT molecular complexity index is 596. The van der Waals surface area contributed by atoms with Crippen molar-refractivity contribution in [3.63, 3.8) is 0 Å². The Hall–Kier alpha value is -2.11. The molecule has 0 spiro atoms. The minimum absolute atomic E-state index is 0.0564. The SMILES string of the molecule is CCNC(=NCC(=O)NC1CC1)NCC(C)(C)c1cccc(F)c1. The molecule has 0 radical (unpaired) electrons. The molecule has 1 aliphatic rings. The van der Waals surface area contributed by atoms with Crippen molar-refractivity contribution in [3.05, 3.63) is 35.6 Å². The van der Waals surface area contributed by atoms with Crippen LogP contribution in [0.2, 0.25) is 0 Å². The third kappa shape index (κ3) is 5.83. The van der Waals surface area contributed by atoms with Crippen LogP contribution in [0.15, 0.2) is 29.3 Å². The fraction of sp³-hybridized carbons (Fsp3) is 0.556. The van der Waals surface area contributed by atoms with Gasteiger partial charge in [-0.25, -0.2) is 9.38 Å². The highest BCUT2D eigenvalue weighted by atomic mass is 19.1. The number of carbonyl (C=O) groups is 1. The summed E-state index contributed by atoms with van der Waals surface area (Å²) in [6, 6.07) is 6.97. The summed E-state index contributed by atoms with van der Waals surface area (Å²) in [6.45, 7) is 7.44. The molecular weight excluding hydrogens is 307 g/mol. The number of aliphatic imine (C=N–C) groups is 1. The monoisotopic (exact) mass is 334 g/mol. The van der Waals surface area contributed by atoms with Crippen LogP contribution in [0.1, 0.15) is 39.2 Å². The Morgan fingerprint density at radius 1 is 1.33 bits per heavy atom. The van der Waals surface area contributed by atoms with E-state index in [1.807, 2.05) is 26.8 Å². The van der Waals surface area contributed by atoms with Crippen LogP contribution in [0.4, 0.5) is 4.39 Å². The molecule has 0 aromatic heterocycles. The predicted octanol–water partition coefficient (Wildman–Crippen LogP) is 1.94. The van der Waals surface area contributed by atoms with E-state index in [0.717, 1.165) is 18.4 Å². The molecule has 1 amide bonds. The van der Waals surface area contributed by atoms with E-state index < -0.39 is 0 Å². The molecule has 0 unspecified atom stereocenters. The maximum absolute atomic E-state index is 13.4. The third-order valence-corrected chi connectivity index (χ3v) is 3.97. The first-order valence-corrected chi connectivity index (χ1v) is 8.48. The van der Waals surface area contributed by atoms with Crippen LogP contribution in [0.25, 0.3) is 0 Å². The van der Waals surface area contributed by atoms with Crippen molar-refractivity contribution in [1.82, 2.24) is 16.0 Å². The van der Waals surface area contributed by atoms with E-state index >= 15 is 0 Å². The summed E-state index contributed by atoms with van der Waals surface area (Å²) < 4.78 is 13.4. The molecule has 0 atom stereocenters. The summed E-state index contributed by atoms with van der Waals surface area (Å²) in [4.78, 5) is 16.1. The van der Waals surface area contributed by atoms with Gasteiger partial charge in [0.25, 0.3) is 0 Å². The van der Waals surface area contributed by atoms with Gasteiger partial charge in [0, 0.05) is 24.5 Å². The predicted molar refractivity (Wildman–Crippen MR) is 94.6 cm³/mol. The van der Waals surface area contributed by atoms with Crippen LogP contribution >= 0.6 is 0 Å². The highest BCUT2D eigenvalue weighted by Crippen LogP contribution is 2.22. The van der Waals surface area contributed by atoms with E-state index in [1.54, 1.807) is 12.1 Å². The Balaban J connectivity index is 1.92. The van der Waals surface area contributed by atoms with E-state index in [4.69, 9.17) is 0 Å². The molecule has 0 bridgehead atoms. The van der Waals surface area contributed by atoms with Gasteiger partial charge in [0.15, 0.2) is 5.96 Å². The molecule has 1 saturated carbocycles. The average Bonchev–Trinajstić information content (AvgIpc) is 3.34. The maximum Gasteiger partial charge on any atom is 0.242 e. The zero-order chi connectivity index (χ0) is 17.6. The number of nitrogens with zero attached hydrogens (tertiary/aromatic N) is 1. The fourth-order valence-corrected chi connectivity index (χ4v) is 2.31. The van der Waals surface area contributed by atoms with Crippen LogP contribution < -0.4 is 16.0 Å². The molecule has 1 aliphatic carbocycles. The van der Waals surface area contributed by atoms with Gasteiger partial charge < -0.3 is 16.0 Å². The Kier molecular flexibility index (Phi) is 6.17. The molecule has 2 rings (SSSR count). The molecular formula is C18H27FN4O. The number of benzene rings is 1. The smallest absolute Gasteiger partial charge is 0.242 e. The minimum atomic E-state index is -0.269. The van der Waals surface area contributed by atoms with Gasteiger partial charge in [-0.05, 0) is 37.5 Å². The molecule has 1 aromatic rings. The van der Waals surface area contributed by atoms with E-state index in [9.17, 15) is 9.18 Å². The largest absolute Gasteiger partial charge is 0.357 e. The summed E-state index contributed by atoms with van der Waals surface area (Å²) in [5.74, 6) is 0.296. The van der Waals surface area contributed by atoms with Crippen molar-refractivity contribution in [1.29, 1.82) is 0 Å². The summed E-state index contributed by atoms with van der Waals surface area (Å²) in [5.41, 5.74) is 0.645. The van der Waals surface area contributed by atoms with Crippen LogP contribution in [0, 0.1) is 5.82 Å². The number of halogens is 1. The van der Waals surface area contributed by atoms with Gasteiger partial charge in [0.1, 0.15) is 12.4 Å². The molecule has 0 heterocycles. The number of amides is 1. The second-order valence-corrected chi connectivity index (χ2v) is 6.78. The van der Waals surface area contributed by atoms with E-state index in [1.165, 1.54) is 6.07 Å². The van der Waals surface area contributed by atoms with Crippen LogP contribution in [-0.4, -0.2) is 37.5 Å². The Morgan fingerprint density at radius 3 is 2.71 bits per heavy atom. The van der Waals surface area contributed by atoms with Gasteiger partial charge in [0.2, 0.25) is 5.91 Å². The van der Waals surface area contributed by atoms with Gasteiger partial charge in [-0.1, -0.05) is 26.0 Å². The minimum Gasteiger partial charge on any atom is -0.357 e. The lowest BCUT2D eigenvalue weighted by Crippen LogP contribution is -2.44. The van der Waals surface area contributed by atoms with Gasteiger partial charge >= 0.3 is 0 Å². The second-order valence-electron chi connectivity index (χ2n) is 6.78. The number of rotatable bonds is 7. The number of guanidine groups is 1. The topological polar surface area (TPSA) is 65.5 Å².